The summed E-state index contributed by atoms with van der Waals surface area (Å²) < 4.78 is 1.88. The lowest BCUT2D eigenvalue weighted by atomic mass is 10.2. The summed E-state index contributed by atoms with van der Waals surface area (Å²) >= 11 is 7.59. The van der Waals surface area contributed by atoms with Crippen LogP contribution in [0.3, 0.4) is 0 Å². The zero-order valence-corrected chi connectivity index (χ0v) is 12.8. The molecule has 102 valence electrons. The summed E-state index contributed by atoms with van der Waals surface area (Å²) in [5.74, 6) is 0.868. The number of thioether (sulfide) groups is 1. The van der Waals surface area contributed by atoms with Crippen LogP contribution < -0.4 is 5.73 Å². The highest BCUT2D eigenvalue weighted by Crippen LogP contribution is 2.30. The van der Waals surface area contributed by atoms with Crippen molar-refractivity contribution in [2.24, 2.45) is 7.05 Å². The van der Waals surface area contributed by atoms with Crippen LogP contribution in [0.25, 0.3) is 0 Å². The van der Waals surface area contributed by atoms with Crippen LogP contribution in [-0.2, 0) is 19.2 Å². The van der Waals surface area contributed by atoms with E-state index in [1.165, 1.54) is 5.56 Å². The van der Waals surface area contributed by atoms with Gasteiger partial charge in [0.25, 0.3) is 0 Å². The van der Waals surface area contributed by atoms with Gasteiger partial charge in [0.1, 0.15) is 5.03 Å². The number of aromatic nitrogens is 2. The molecule has 0 bridgehead atoms. The smallest absolute Gasteiger partial charge is 0.117 e. The highest BCUT2D eigenvalue weighted by Gasteiger charge is 2.13. The second-order valence-corrected chi connectivity index (χ2v) is 5.85. The molecule has 19 heavy (non-hydrogen) atoms. The molecule has 0 unspecified atom stereocenters. The Morgan fingerprint density at radius 1 is 1.32 bits per heavy atom. The third kappa shape index (κ3) is 3.45. The Balaban J connectivity index is 2.09. The van der Waals surface area contributed by atoms with Gasteiger partial charge in [0.2, 0.25) is 0 Å². The maximum atomic E-state index is 6.15. The van der Waals surface area contributed by atoms with E-state index in [9.17, 15) is 0 Å². The van der Waals surface area contributed by atoms with E-state index in [-0.39, 0.29) is 0 Å². The van der Waals surface area contributed by atoms with Crippen LogP contribution in [0.1, 0.15) is 24.6 Å². The molecule has 0 atom stereocenters. The summed E-state index contributed by atoms with van der Waals surface area (Å²) in [6, 6.07) is 7.89. The summed E-state index contributed by atoms with van der Waals surface area (Å²) in [5.41, 5.74) is 9.21. The minimum Gasteiger partial charge on any atom is -0.395 e. The molecular weight excluding hydrogens is 278 g/mol. The number of benzene rings is 1. The first-order valence-corrected chi connectivity index (χ1v) is 7.66. The average Bonchev–Trinajstić information content (AvgIpc) is 2.65. The molecular formula is C14H18ClN3S. The van der Waals surface area contributed by atoms with Crippen molar-refractivity contribution < 1.29 is 0 Å². The number of nitrogens with zero attached hydrogens (tertiary/aromatic N) is 2. The molecule has 1 aromatic carbocycles. The van der Waals surface area contributed by atoms with E-state index in [2.05, 4.69) is 12.0 Å². The Morgan fingerprint density at radius 3 is 2.63 bits per heavy atom. The fraction of sp³-hybridized carbons (Fsp3) is 0.357. The fourth-order valence-electron chi connectivity index (χ4n) is 1.90. The molecule has 5 heteroatoms. The molecule has 0 spiro atoms. The van der Waals surface area contributed by atoms with Crippen molar-refractivity contribution in [3.05, 3.63) is 40.5 Å². The van der Waals surface area contributed by atoms with Crippen molar-refractivity contribution in [1.29, 1.82) is 0 Å². The van der Waals surface area contributed by atoms with Crippen LogP contribution in [0.15, 0.2) is 29.3 Å². The van der Waals surface area contributed by atoms with Crippen LogP contribution in [0.5, 0.6) is 0 Å². The molecule has 0 aliphatic carbocycles. The lowest BCUT2D eigenvalue weighted by molar-refractivity contribution is 0.681. The molecule has 0 aliphatic heterocycles. The molecule has 0 amide bonds. The Labute approximate surface area is 123 Å². The largest absolute Gasteiger partial charge is 0.395 e. The Hall–Kier alpha value is -1.13. The first-order valence-electron chi connectivity index (χ1n) is 6.30. The molecule has 1 heterocycles. The van der Waals surface area contributed by atoms with Gasteiger partial charge in [-0.15, -0.1) is 0 Å². The summed E-state index contributed by atoms with van der Waals surface area (Å²) in [4.78, 5) is 0. The van der Waals surface area contributed by atoms with Gasteiger partial charge >= 0.3 is 0 Å². The SMILES string of the molecule is CCCc1nn(C)c(SCc2ccc(Cl)cc2)c1N. The predicted molar refractivity (Wildman–Crippen MR) is 82.6 cm³/mol. The zero-order chi connectivity index (χ0) is 13.8. The van der Waals surface area contributed by atoms with Crippen LogP contribution in [0.2, 0.25) is 5.02 Å². The first-order chi connectivity index (χ1) is 9.11. The number of nitrogens with two attached hydrogens (primary N) is 1. The zero-order valence-electron chi connectivity index (χ0n) is 11.2. The lowest BCUT2D eigenvalue weighted by Crippen LogP contribution is -1.94. The van der Waals surface area contributed by atoms with Crippen molar-refractivity contribution >= 4 is 29.1 Å². The van der Waals surface area contributed by atoms with Gasteiger partial charge in [-0.2, -0.15) is 5.10 Å². The summed E-state index contributed by atoms with van der Waals surface area (Å²) in [7, 11) is 1.94. The first kappa shape index (κ1) is 14.3. The van der Waals surface area contributed by atoms with Gasteiger partial charge in [0, 0.05) is 17.8 Å². The summed E-state index contributed by atoms with van der Waals surface area (Å²) in [6.07, 6.45) is 1.99. The van der Waals surface area contributed by atoms with Crippen molar-refractivity contribution in [3.63, 3.8) is 0 Å². The monoisotopic (exact) mass is 295 g/mol. The van der Waals surface area contributed by atoms with Gasteiger partial charge in [-0.3, -0.25) is 4.68 Å². The van der Waals surface area contributed by atoms with E-state index in [4.69, 9.17) is 17.3 Å². The molecule has 0 radical (unpaired) electrons. The number of hydrogen-bond donors (Lipinski definition) is 1. The molecule has 0 fully saturated rings. The predicted octanol–water partition coefficient (Wildman–Crippen LogP) is 3.90. The highest BCUT2D eigenvalue weighted by atomic mass is 35.5. The van der Waals surface area contributed by atoms with E-state index >= 15 is 0 Å². The molecule has 2 N–H and O–H groups in total. The standard InChI is InChI=1S/C14H18ClN3S/c1-3-4-12-13(16)14(18(2)17-12)19-9-10-5-7-11(15)8-6-10/h5-8H,3-4,9,16H2,1-2H3. The Kier molecular flexibility index (Phi) is 4.77. The Morgan fingerprint density at radius 2 is 2.00 bits per heavy atom. The van der Waals surface area contributed by atoms with E-state index in [1.807, 2.05) is 36.0 Å². The van der Waals surface area contributed by atoms with Crippen molar-refractivity contribution in [2.45, 2.75) is 30.5 Å². The van der Waals surface area contributed by atoms with E-state index in [0.29, 0.717) is 0 Å². The second kappa shape index (κ2) is 6.35. The highest BCUT2D eigenvalue weighted by molar-refractivity contribution is 7.98. The van der Waals surface area contributed by atoms with Crippen LogP contribution >= 0.6 is 23.4 Å². The van der Waals surface area contributed by atoms with Crippen molar-refractivity contribution in [1.82, 2.24) is 9.78 Å². The van der Waals surface area contributed by atoms with Gasteiger partial charge in [-0.05, 0) is 24.1 Å². The van der Waals surface area contributed by atoms with E-state index < -0.39 is 0 Å². The molecule has 0 saturated carbocycles. The molecule has 2 rings (SSSR count). The van der Waals surface area contributed by atoms with Gasteiger partial charge in [0.05, 0.1) is 11.4 Å². The lowest BCUT2D eigenvalue weighted by Gasteiger charge is -2.04. The maximum absolute atomic E-state index is 6.15. The molecule has 1 aromatic heterocycles. The third-order valence-electron chi connectivity index (χ3n) is 2.88. The second-order valence-electron chi connectivity index (χ2n) is 4.45. The number of rotatable bonds is 5. The summed E-state index contributed by atoms with van der Waals surface area (Å²) in [5, 5.41) is 6.28. The number of halogens is 1. The normalized spacial score (nSPS) is 10.9. The van der Waals surface area contributed by atoms with Crippen LogP contribution in [-0.4, -0.2) is 9.78 Å². The number of anilines is 1. The maximum Gasteiger partial charge on any atom is 0.117 e. The molecule has 0 saturated heterocycles. The number of aryl methyl sites for hydroxylation is 2. The fourth-order valence-corrected chi connectivity index (χ4v) is 3.03. The molecule has 0 aliphatic rings. The van der Waals surface area contributed by atoms with Crippen molar-refractivity contribution in [3.8, 4) is 0 Å². The molecule has 2 aromatic rings. The van der Waals surface area contributed by atoms with E-state index in [1.54, 1.807) is 11.8 Å². The minimum atomic E-state index is 0.763. The van der Waals surface area contributed by atoms with Crippen LogP contribution in [0, 0.1) is 0 Å². The van der Waals surface area contributed by atoms with Crippen LogP contribution in [0.4, 0.5) is 5.69 Å². The van der Waals surface area contributed by atoms with E-state index in [0.717, 1.165) is 40.0 Å². The quantitative estimate of drug-likeness (QED) is 0.851. The Bertz CT molecular complexity index is 549. The topological polar surface area (TPSA) is 43.8 Å². The van der Waals surface area contributed by atoms with Gasteiger partial charge < -0.3 is 5.73 Å². The summed E-state index contributed by atoms with van der Waals surface area (Å²) in [6.45, 7) is 2.13. The number of hydrogen-bond acceptors (Lipinski definition) is 3. The van der Waals surface area contributed by atoms with Gasteiger partial charge in [-0.1, -0.05) is 48.8 Å². The third-order valence-corrected chi connectivity index (χ3v) is 4.37. The molecule has 3 nitrogen and oxygen atoms in total. The number of nitrogen functional groups attached to an aromatic ring is 1. The average molecular weight is 296 g/mol. The van der Waals surface area contributed by atoms with Crippen molar-refractivity contribution in [2.75, 3.05) is 5.73 Å². The van der Waals surface area contributed by atoms with Gasteiger partial charge in [0.15, 0.2) is 0 Å². The minimum absolute atomic E-state index is 0.763. The van der Waals surface area contributed by atoms with Gasteiger partial charge in [-0.25, -0.2) is 0 Å².